The van der Waals surface area contributed by atoms with Gasteiger partial charge in [0.05, 0.1) is 17.3 Å². The fourth-order valence-corrected chi connectivity index (χ4v) is 2.76. The maximum absolute atomic E-state index is 11.7. The number of imide groups is 1. The smallest absolute Gasteiger partial charge is 0.249 e. The largest absolute Gasteiger partial charge is 0.349 e. The topological polar surface area (TPSA) is 61.4 Å². The van der Waals surface area contributed by atoms with Crippen LogP contribution < -0.4 is 15.5 Å². The molecule has 2 aliphatic rings. The van der Waals surface area contributed by atoms with Gasteiger partial charge in [0, 0.05) is 12.6 Å². The lowest BCUT2D eigenvalue weighted by Gasteiger charge is -2.34. The van der Waals surface area contributed by atoms with Crippen molar-refractivity contribution in [2.45, 2.75) is 38.4 Å². The molecule has 0 radical (unpaired) electrons. The van der Waals surface area contributed by atoms with E-state index in [0.717, 1.165) is 17.8 Å². The van der Waals surface area contributed by atoms with Crippen LogP contribution in [0.3, 0.4) is 0 Å². The summed E-state index contributed by atoms with van der Waals surface area (Å²) in [6, 6.07) is 6.01. The van der Waals surface area contributed by atoms with E-state index in [0.29, 0.717) is 11.1 Å². The Morgan fingerprint density at radius 2 is 2.14 bits per heavy atom. The van der Waals surface area contributed by atoms with Crippen LogP contribution in [0.25, 0.3) is 0 Å². The highest BCUT2D eigenvalue weighted by atomic mass is 35.5. The van der Waals surface area contributed by atoms with Gasteiger partial charge in [0.2, 0.25) is 11.8 Å². The monoisotopic (exact) mass is 307 g/mol. The summed E-state index contributed by atoms with van der Waals surface area (Å²) < 4.78 is 0. The Labute approximate surface area is 128 Å². The van der Waals surface area contributed by atoms with Gasteiger partial charge in [-0.2, -0.15) is 0 Å². The van der Waals surface area contributed by atoms with Crippen LogP contribution in [-0.2, 0) is 16.1 Å². The van der Waals surface area contributed by atoms with E-state index in [-0.39, 0.29) is 18.4 Å². The number of nitrogens with one attached hydrogen (secondary N) is 2. The number of hydrogen-bond acceptors (Lipinski definition) is 4. The van der Waals surface area contributed by atoms with Gasteiger partial charge in [0.1, 0.15) is 6.04 Å². The number of rotatable bonds is 4. The van der Waals surface area contributed by atoms with Crippen molar-refractivity contribution >= 4 is 29.1 Å². The van der Waals surface area contributed by atoms with Crippen molar-refractivity contribution < 1.29 is 9.59 Å². The highest BCUT2D eigenvalue weighted by molar-refractivity contribution is 6.33. The number of halogens is 1. The molecule has 0 aromatic heterocycles. The van der Waals surface area contributed by atoms with Crippen molar-refractivity contribution in [2.24, 2.45) is 0 Å². The number of nitrogens with zero attached hydrogens (tertiary/aromatic N) is 1. The molecule has 1 aliphatic carbocycles. The minimum absolute atomic E-state index is 0.145. The number of carbonyl (C=O) groups excluding carboxylic acids is 2. The Kier molecular flexibility index (Phi) is 3.87. The average molecular weight is 308 g/mol. The molecule has 5 nitrogen and oxygen atoms in total. The Balaban J connectivity index is 1.77. The van der Waals surface area contributed by atoms with Gasteiger partial charge in [0.25, 0.3) is 0 Å². The van der Waals surface area contributed by atoms with Crippen LogP contribution in [0.15, 0.2) is 18.2 Å². The van der Waals surface area contributed by atoms with E-state index in [9.17, 15) is 9.59 Å². The first-order valence-corrected chi connectivity index (χ1v) is 7.54. The molecule has 2 N–H and O–H groups in total. The predicted molar refractivity (Wildman–Crippen MR) is 81.3 cm³/mol. The first-order chi connectivity index (χ1) is 10.0. The van der Waals surface area contributed by atoms with E-state index in [1.807, 2.05) is 18.2 Å². The molecular weight excluding hydrogens is 290 g/mol. The second kappa shape index (κ2) is 5.66. The second-order valence-corrected chi connectivity index (χ2v) is 6.06. The lowest BCUT2D eigenvalue weighted by Crippen LogP contribution is -2.57. The molecule has 21 heavy (non-hydrogen) atoms. The SMILES string of the molecule is CC1C(=O)NC(=O)CN1c1ccc(CNC2CC2)cc1Cl. The zero-order valence-corrected chi connectivity index (χ0v) is 12.6. The molecule has 1 heterocycles. The number of piperazine rings is 1. The van der Waals surface area contributed by atoms with E-state index in [4.69, 9.17) is 11.6 Å². The maximum Gasteiger partial charge on any atom is 0.249 e. The van der Waals surface area contributed by atoms with Crippen LogP contribution in [-0.4, -0.2) is 30.4 Å². The maximum atomic E-state index is 11.7. The molecule has 2 fully saturated rings. The standard InChI is InChI=1S/C15H18ClN3O2/c1-9-15(21)18-14(20)8-19(9)13-5-2-10(6-12(13)16)7-17-11-3-4-11/h2,5-6,9,11,17H,3-4,7-8H2,1H3,(H,18,20,21). The van der Waals surface area contributed by atoms with Crippen molar-refractivity contribution in [2.75, 3.05) is 11.4 Å². The molecule has 1 saturated heterocycles. The van der Waals surface area contributed by atoms with E-state index in [1.54, 1.807) is 11.8 Å². The predicted octanol–water partition coefficient (Wildman–Crippen LogP) is 1.44. The van der Waals surface area contributed by atoms with Gasteiger partial charge in [-0.25, -0.2) is 0 Å². The quantitative estimate of drug-likeness (QED) is 0.827. The minimum Gasteiger partial charge on any atom is -0.349 e. The fourth-order valence-electron chi connectivity index (χ4n) is 2.45. The van der Waals surface area contributed by atoms with Gasteiger partial charge < -0.3 is 10.2 Å². The van der Waals surface area contributed by atoms with Crippen LogP contribution in [0.2, 0.25) is 5.02 Å². The Morgan fingerprint density at radius 3 is 2.81 bits per heavy atom. The van der Waals surface area contributed by atoms with Gasteiger partial charge in [0.15, 0.2) is 0 Å². The fraction of sp³-hybridized carbons (Fsp3) is 0.467. The summed E-state index contributed by atoms with van der Waals surface area (Å²) in [7, 11) is 0. The number of amides is 2. The third-order valence-corrected chi connectivity index (χ3v) is 4.22. The van der Waals surface area contributed by atoms with Crippen LogP contribution in [0, 0.1) is 0 Å². The Bertz CT molecular complexity index is 586. The second-order valence-electron chi connectivity index (χ2n) is 5.66. The molecule has 1 unspecified atom stereocenters. The molecule has 2 amide bonds. The summed E-state index contributed by atoms with van der Waals surface area (Å²) in [5.74, 6) is -0.588. The number of carbonyl (C=O) groups is 2. The zero-order valence-electron chi connectivity index (χ0n) is 11.9. The number of benzene rings is 1. The minimum atomic E-state index is -0.407. The summed E-state index contributed by atoms with van der Waals surface area (Å²) in [4.78, 5) is 25.0. The molecule has 1 atom stereocenters. The summed E-state index contributed by atoms with van der Waals surface area (Å²) >= 11 is 6.34. The van der Waals surface area contributed by atoms with E-state index >= 15 is 0 Å². The zero-order chi connectivity index (χ0) is 15.0. The highest BCUT2D eigenvalue weighted by Gasteiger charge is 2.31. The summed E-state index contributed by atoms with van der Waals surface area (Å²) in [5, 5.41) is 6.33. The van der Waals surface area contributed by atoms with Gasteiger partial charge in [-0.3, -0.25) is 14.9 Å². The third-order valence-electron chi connectivity index (χ3n) is 3.92. The molecule has 1 saturated carbocycles. The molecule has 0 bridgehead atoms. The van der Waals surface area contributed by atoms with Crippen LogP contribution in [0.5, 0.6) is 0 Å². The normalized spacial score (nSPS) is 22.4. The van der Waals surface area contributed by atoms with Crippen LogP contribution >= 0.6 is 11.6 Å². The van der Waals surface area contributed by atoms with E-state index < -0.39 is 6.04 Å². The van der Waals surface area contributed by atoms with E-state index in [2.05, 4.69) is 10.6 Å². The summed E-state index contributed by atoms with van der Waals surface area (Å²) in [5.41, 5.74) is 1.83. The number of hydrogen-bond donors (Lipinski definition) is 2. The molecule has 1 aromatic carbocycles. The van der Waals surface area contributed by atoms with Crippen molar-refractivity contribution in [1.82, 2.24) is 10.6 Å². The summed E-state index contributed by atoms with van der Waals surface area (Å²) in [6.45, 7) is 2.70. The first kappa shape index (κ1) is 14.4. The van der Waals surface area contributed by atoms with Crippen molar-refractivity contribution in [3.05, 3.63) is 28.8 Å². The molecule has 3 rings (SSSR count). The summed E-state index contributed by atoms with van der Waals surface area (Å²) in [6.07, 6.45) is 2.49. The molecule has 0 spiro atoms. The van der Waals surface area contributed by atoms with E-state index in [1.165, 1.54) is 12.8 Å². The first-order valence-electron chi connectivity index (χ1n) is 7.17. The highest BCUT2D eigenvalue weighted by Crippen LogP contribution is 2.29. The third kappa shape index (κ3) is 3.19. The van der Waals surface area contributed by atoms with Crippen LogP contribution in [0.4, 0.5) is 5.69 Å². The van der Waals surface area contributed by atoms with Gasteiger partial charge in [-0.15, -0.1) is 0 Å². The van der Waals surface area contributed by atoms with Crippen LogP contribution in [0.1, 0.15) is 25.3 Å². The van der Waals surface area contributed by atoms with Crippen molar-refractivity contribution in [3.63, 3.8) is 0 Å². The van der Waals surface area contributed by atoms with Gasteiger partial charge >= 0.3 is 0 Å². The lowest BCUT2D eigenvalue weighted by molar-refractivity contribution is -0.132. The Hall–Kier alpha value is -1.59. The van der Waals surface area contributed by atoms with Crippen molar-refractivity contribution in [3.8, 4) is 0 Å². The van der Waals surface area contributed by atoms with Gasteiger partial charge in [-0.05, 0) is 37.5 Å². The van der Waals surface area contributed by atoms with Crippen molar-refractivity contribution in [1.29, 1.82) is 0 Å². The lowest BCUT2D eigenvalue weighted by atomic mass is 10.1. The molecule has 1 aliphatic heterocycles. The Morgan fingerprint density at radius 1 is 1.38 bits per heavy atom. The van der Waals surface area contributed by atoms with Gasteiger partial charge in [-0.1, -0.05) is 17.7 Å². The molecule has 112 valence electrons. The molecule has 1 aromatic rings. The molecular formula is C15H18ClN3O2. The average Bonchev–Trinajstić information content (AvgIpc) is 3.25. The molecule has 6 heteroatoms. The number of anilines is 1.